The Kier molecular flexibility index (Phi) is 6.95. The maximum Gasteiger partial charge on any atom is 0.243 e. The van der Waals surface area contributed by atoms with Gasteiger partial charge in [0.05, 0.1) is 9.79 Å². The van der Waals surface area contributed by atoms with Gasteiger partial charge in [-0.2, -0.15) is 4.31 Å². The molecule has 1 aromatic carbocycles. The summed E-state index contributed by atoms with van der Waals surface area (Å²) in [5.74, 6) is 0. The van der Waals surface area contributed by atoms with Gasteiger partial charge < -0.3 is 5.32 Å². The molecule has 0 saturated carbocycles. The lowest BCUT2D eigenvalue weighted by molar-refractivity contribution is 0.445. The minimum atomic E-state index is -3.73. The predicted molar refractivity (Wildman–Crippen MR) is 85.7 cm³/mol. The van der Waals surface area contributed by atoms with Crippen LogP contribution >= 0.6 is 0 Å². The van der Waals surface area contributed by atoms with E-state index in [1.807, 2.05) is 0 Å². The molecule has 0 amide bonds. The van der Waals surface area contributed by atoms with Gasteiger partial charge in [-0.3, -0.25) is 0 Å². The standard InChI is InChI=1S/C13H23N3O4S2/c1-4-16(5-2)22(19,20)13-8-6-7-12(11-13)21(17,18)15-10-9-14-3/h6-8,11,14-15H,4-5,9-10H2,1-3H3. The van der Waals surface area contributed by atoms with E-state index in [1.165, 1.54) is 28.6 Å². The fourth-order valence-electron chi connectivity index (χ4n) is 1.91. The number of rotatable bonds is 9. The van der Waals surface area contributed by atoms with Crippen molar-refractivity contribution >= 4 is 20.0 Å². The molecule has 0 bridgehead atoms. The van der Waals surface area contributed by atoms with Crippen LogP contribution in [-0.2, 0) is 20.0 Å². The van der Waals surface area contributed by atoms with Crippen LogP contribution < -0.4 is 10.0 Å². The van der Waals surface area contributed by atoms with Crippen molar-refractivity contribution in [1.82, 2.24) is 14.3 Å². The van der Waals surface area contributed by atoms with Gasteiger partial charge in [-0.1, -0.05) is 19.9 Å². The lowest BCUT2D eigenvalue weighted by atomic mass is 10.4. The quantitative estimate of drug-likeness (QED) is 0.622. The normalized spacial score (nSPS) is 12.7. The smallest absolute Gasteiger partial charge is 0.243 e. The Morgan fingerprint density at radius 1 is 1.00 bits per heavy atom. The molecule has 0 unspecified atom stereocenters. The Hall–Kier alpha value is -1.00. The van der Waals surface area contributed by atoms with Crippen molar-refractivity contribution in [3.63, 3.8) is 0 Å². The monoisotopic (exact) mass is 349 g/mol. The summed E-state index contributed by atoms with van der Waals surface area (Å²) in [6.07, 6.45) is 0. The van der Waals surface area contributed by atoms with Crippen LogP contribution in [0, 0.1) is 0 Å². The zero-order valence-corrected chi connectivity index (χ0v) is 14.7. The first kappa shape index (κ1) is 19.0. The molecule has 0 aliphatic rings. The third-order valence-electron chi connectivity index (χ3n) is 3.13. The number of nitrogens with zero attached hydrogens (tertiary/aromatic N) is 1. The summed E-state index contributed by atoms with van der Waals surface area (Å²) < 4.78 is 52.9. The molecule has 0 aliphatic carbocycles. The van der Waals surface area contributed by atoms with E-state index < -0.39 is 20.0 Å². The molecule has 0 saturated heterocycles. The number of likely N-dealkylation sites (N-methyl/N-ethyl adjacent to an activating group) is 1. The average molecular weight is 349 g/mol. The number of benzene rings is 1. The molecule has 0 atom stereocenters. The SMILES string of the molecule is CCN(CC)S(=O)(=O)c1cccc(S(=O)(=O)NCCNC)c1. The van der Waals surface area contributed by atoms with Gasteiger partial charge >= 0.3 is 0 Å². The summed E-state index contributed by atoms with van der Waals surface area (Å²) in [6, 6.07) is 5.40. The lowest BCUT2D eigenvalue weighted by Gasteiger charge is -2.18. The fourth-order valence-corrected chi connectivity index (χ4v) is 4.56. The Labute approximate surface area is 132 Å². The summed E-state index contributed by atoms with van der Waals surface area (Å²) in [5.41, 5.74) is 0. The topological polar surface area (TPSA) is 95.6 Å². The molecule has 9 heteroatoms. The second kappa shape index (κ2) is 8.02. The molecular formula is C13H23N3O4S2. The molecule has 0 aliphatic heterocycles. The fraction of sp³-hybridized carbons (Fsp3) is 0.538. The highest BCUT2D eigenvalue weighted by Crippen LogP contribution is 2.19. The van der Waals surface area contributed by atoms with E-state index in [2.05, 4.69) is 10.0 Å². The van der Waals surface area contributed by atoms with Crippen LogP contribution in [0.15, 0.2) is 34.1 Å². The lowest BCUT2D eigenvalue weighted by Crippen LogP contribution is -2.32. The van der Waals surface area contributed by atoms with Crippen molar-refractivity contribution in [3.8, 4) is 0 Å². The number of nitrogens with one attached hydrogen (secondary N) is 2. The third-order valence-corrected chi connectivity index (χ3v) is 6.63. The Morgan fingerprint density at radius 3 is 2.14 bits per heavy atom. The van der Waals surface area contributed by atoms with Crippen molar-refractivity contribution < 1.29 is 16.8 Å². The highest BCUT2D eigenvalue weighted by Gasteiger charge is 2.23. The van der Waals surface area contributed by atoms with Gasteiger partial charge in [-0.25, -0.2) is 21.6 Å². The minimum absolute atomic E-state index is 0.0207. The van der Waals surface area contributed by atoms with Crippen LogP contribution in [0.4, 0.5) is 0 Å². The zero-order chi connectivity index (χ0) is 16.8. The number of sulfonamides is 2. The summed E-state index contributed by atoms with van der Waals surface area (Å²) in [5, 5.41) is 2.83. The van der Waals surface area contributed by atoms with Gasteiger partial charge in [0.25, 0.3) is 0 Å². The van der Waals surface area contributed by atoms with Crippen molar-refractivity contribution in [2.24, 2.45) is 0 Å². The van der Waals surface area contributed by atoms with Gasteiger partial charge in [-0.05, 0) is 25.2 Å². The Morgan fingerprint density at radius 2 is 1.59 bits per heavy atom. The molecule has 0 heterocycles. The molecule has 1 aromatic rings. The summed E-state index contributed by atoms with van der Waals surface area (Å²) >= 11 is 0. The van der Waals surface area contributed by atoms with Gasteiger partial charge in [0.15, 0.2) is 0 Å². The first-order valence-corrected chi connectivity index (χ1v) is 9.96. The Bertz CT molecular complexity index is 683. The first-order valence-electron chi connectivity index (χ1n) is 7.04. The first-order chi connectivity index (χ1) is 10.3. The van der Waals surface area contributed by atoms with Gasteiger partial charge in [0.1, 0.15) is 0 Å². The maximum absolute atomic E-state index is 12.4. The number of hydrogen-bond donors (Lipinski definition) is 2. The van der Waals surface area contributed by atoms with Crippen molar-refractivity contribution in [1.29, 1.82) is 0 Å². The maximum atomic E-state index is 12.4. The number of hydrogen-bond acceptors (Lipinski definition) is 5. The van der Waals surface area contributed by atoms with E-state index in [1.54, 1.807) is 20.9 Å². The van der Waals surface area contributed by atoms with E-state index >= 15 is 0 Å². The Balaban J connectivity index is 3.14. The van der Waals surface area contributed by atoms with Crippen LogP contribution in [0.1, 0.15) is 13.8 Å². The summed E-state index contributed by atoms with van der Waals surface area (Å²) in [6.45, 7) is 4.84. The van der Waals surface area contributed by atoms with Crippen LogP contribution in [0.3, 0.4) is 0 Å². The molecule has 2 N–H and O–H groups in total. The van der Waals surface area contributed by atoms with Gasteiger partial charge in [0.2, 0.25) is 20.0 Å². The van der Waals surface area contributed by atoms with E-state index in [0.29, 0.717) is 19.6 Å². The molecule has 126 valence electrons. The zero-order valence-electron chi connectivity index (χ0n) is 13.0. The summed E-state index contributed by atoms with van der Waals surface area (Å²) in [4.78, 5) is -0.0791. The van der Waals surface area contributed by atoms with Crippen molar-refractivity contribution in [2.45, 2.75) is 23.6 Å². The van der Waals surface area contributed by atoms with E-state index in [9.17, 15) is 16.8 Å². The highest BCUT2D eigenvalue weighted by atomic mass is 32.2. The van der Waals surface area contributed by atoms with Crippen molar-refractivity contribution in [2.75, 3.05) is 33.2 Å². The molecule has 0 radical (unpaired) electrons. The second-order valence-electron chi connectivity index (χ2n) is 4.57. The molecule has 7 nitrogen and oxygen atoms in total. The summed E-state index contributed by atoms with van der Waals surface area (Å²) in [7, 11) is -5.69. The van der Waals surface area contributed by atoms with E-state index in [-0.39, 0.29) is 16.3 Å². The van der Waals surface area contributed by atoms with Gasteiger partial charge in [-0.15, -0.1) is 0 Å². The largest absolute Gasteiger partial charge is 0.318 e. The van der Waals surface area contributed by atoms with Crippen LogP contribution in [0.5, 0.6) is 0 Å². The second-order valence-corrected chi connectivity index (χ2v) is 8.27. The van der Waals surface area contributed by atoms with E-state index in [4.69, 9.17) is 0 Å². The minimum Gasteiger partial charge on any atom is -0.318 e. The molecule has 0 spiro atoms. The third kappa shape index (κ3) is 4.50. The molecule has 22 heavy (non-hydrogen) atoms. The van der Waals surface area contributed by atoms with Gasteiger partial charge in [0, 0.05) is 26.2 Å². The molecule has 1 rings (SSSR count). The van der Waals surface area contributed by atoms with Crippen LogP contribution in [0.2, 0.25) is 0 Å². The molecule has 0 aromatic heterocycles. The van der Waals surface area contributed by atoms with Crippen LogP contribution in [-0.4, -0.2) is 54.4 Å². The predicted octanol–water partition coefficient (Wildman–Crippen LogP) is 0.215. The van der Waals surface area contributed by atoms with E-state index in [0.717, 1.165) is 0 Å². The van der Waals surface area contributed by atoms with Crippen molar-refractivity contribution in [3.05, 3.63) is 24.3 Å². The molecule has 0 fully saturated rings. The van der Waals surface area contributed by atoms with Crippen LogP contribution in [0.25, 0.3) is 0 Å². The molecular weight excluding hydrogens is 326 g/mol. The average Bonchev–Trinajstić information content (AvgIpc) is 2.48. The highest BCUT2D eigenvalue weighted by molar-refractivity contribution is 7.90.